The molecule has 0 heterocycles. The number of nitrogens with two attached hydrogens (primary N) is 1. The van der Waals surface area contributed by atoms with Crippen molar-refractivity contribution in [3.05, 3.63) is 23.8 Å². The first-order chi connectivity index (χ1) is 8.24. The molecule has 1 aromatic carbocycles. The minimum Gasteiger partial charge on any atom is -0.399 e. The van der Waals surface area contributed by atoms with E-state index in [9.17, 15) is 8.42 Å². The standard InChI is InChI=1S/C12H21N3O2S/c1-5-10(3)15(14-18(4,16)17)11-6-7-12(13)9(2)8-11/h6-8,10,14H,5,13H2,1-4H3. The highest BCUT2D eigenvalue weighted by Gasteiger charge is 2.17. The molecule has 0 aliphatic rings. The summed E-state index contributed by atoms with van der Waals surface area (Å²) in [6, 6.07) is 5.53. The van der Waals surface area contributed by atoms with Gasteiger partial charge in [-0.15, -0.1) is 4.83 Å². The molecule has 3 N–H and O–H groups in total. The van der Waals surface area contributed by atoms with Crippen molar-refractivity contribution in [2.45, 2.75) is 33.2 Å². The first-order valence-corrected chi connectivity index (χ1v) is 7.76. The molecule has 0 saturated heterocycles. The van der Waals surface area contributed by atoms with Gasteiger partial charge in [-0.3, -0.25) is 5.01 Å². The SMILES string of the molecule is CCC(C)N(NS(C)(=O)=O)c1ccc(N)c(C)c1. The molecule has 102 valence electrons. The Kier molecular flexibility index (Phi) is 4.59. The highest BCUT2D eigenvalue weighted by molar-refractivity contribution is 7.88. The van der Waals surface area contributed by atoms with Gasteiger partial charge in [-0.05, 0) is 44.0 Å². The summed E-state index contributed by atoms with van der Waals surface area (Å²) in [6.07, 6.45) is 1.97. The van der Waals surface area contributed by atoms with Gasteiger partial charge in [0.15, 0.2) is 0 Å². The lowest BCUT2D eigenvalue weighted by Crippen LogP contribution is -2.47. The van der Waals surface area contributed by atoms with Crippen LogP contribution in [0.5, 0.6) is 0 Å². The van der Waals surface area contributed by atoms with Crippen LogP contribution in [0, 0.1) is 6.92 Å². The van der Waals surface area contributed by atoms with Crippen LogP contribution in [-0.2, 0) is 10.0 Å². The number of nitrogens with one attached hydrogen (secondary N) is 1. The largest absolute Gasteiger partial charge is 0.399 e. The summed E-state index contributed by atoms with van der Waals surface area (Å²) in [5, 5.41) is 1.65. The fraction of sp³-hybridized carbons (Fsp3) is 0.500. The first kappa shape index (κ1) is 14.8. The van der Waals surface area contributed by atoms with E-state index in [0.717, 1.165) is 23.9 Å². The zero-order valence-corrected chi connectivity index (χ0v) is 12.1. The Morgan fingerprint density at radius 2 is 2.06 bits per heavy atom. The Hall–Kier alpha value is -1.27. The maximum atomic E-state index is 11.4. The van der Waals surface area contributed by atoms with Gasteiger partial charge in [0.05, 0.1) is 11.9 Å². The molecule has 0 aliphatic heterocycles. The van der Waals surface area contributed by atoms with Crippen LogP contribution in [0.15, 0.2) is 18.2 Å². The van der Waals surface area contributed by atoms with Gasteiger partial charge >= 0.3 is 0 Å². The predicted molar refractivity (Wildman–Crippen MR) is 75.8 cm³/mol. The normalized spacial score (nSPS) is 13.3. The highest BCUT2D eigenvalue weighted by atomic mass is 32.2. The Labute approximate surface area is 109 Å². The predicted octanol–water partition coefficient (Wildman–Crippen LogP) is 1.65. The molecule has 5 nitrogen and oxygen atoms in total. The number of benzene rings is 1. The molecule has 1 unspecified atom stereocenters. The second-order valence-corrected chi connectivity index (χ2v) is 6.26. The molecule has 0 spiro atoms. The number of nitrogen functional groups attached to an aromatic ring is 1. The molecule has 0 aromatic heterocycles. The second kappa shape index (κ2) is 5.58. The van der Waals surface area contributed by atoms with Crippen molar-refractivity contribution in [1.82, 2.24) is 4.83 Å². The third-order valence-electron chi connectivity index (χ3n) is 2.83. The van der Waals surface area contributed by atoms with Crippen LogP contribution in [0.25, 0.3) is 0 Å². The molecule has 18 heavy (non-hydrogen) atoms. The van der Waals surface area contributed by atoms with Gasteiger partial charge in [0.2, 0.25) is 10.0 Å². The van der Waals surface area contributed by atoms with E-state index >= 15 is 0 Å². The molecule has 1 aromatic rings. The number of nitrogens with zero attached hydrogens (tertiary/aromatic N) is 1. The maximum absolute atomic E-state index is 11.4. The molecule has 0 radical (unpaired) electrons. The van der Waals surface area contributed by atoms with Crippen molar-refractivity contribution in [3.63, 3.8) is 0 Å². The number of rotatable bonds is 5. The van der Waals surface area contributed by atoms with E-state index in [4.69, 9.17) is 5.73 Å². The monoisotopic (exact) mass is 271 g/mol. The molecule has 0 fully saturated rings. The Bertz CT molecular complexity index is 514. The van der Waals surface area contributed by atoms with Crippen LogP contribution >= 0.6 is 0 Å². The van der Waals surface area contributed by atoms with Gasteiger partial charge in [-0.1, -0.05) is 6.92 Å². The van der Waals surface area contributed by atoms with E-state index in [2.05, 4.69) is 4.83 Å². The Balaban J connectivity index is 3.13. The number of hydrogen-bond acceptors (Lipinski definition) is 4. The third kappa shape index (κ3) is 3.89. The number of hydrazine groups is 1. The van der Waals surface area contributed by atoms with E-state index in [1.54, 1.807) is 11.1 Å². The molecular weight excluding hydrogens is 250 g/mol. The maximum Gasteiger partial charge on any atom is 0.225 e. The van der Waals surface area contributed by atoms with E-state index in [-0.39, 0.29) is 6.04 Å². The summed E-state index contributed by atoms with van der Waals surface area (Å²) in [7, 11) is -3.30. The summed E-state index contributed by atoms with van der Waals surface area (Å²) < 4.78 is 22.8. The van der Waals surface area contributed by atoms with Gasteiger partial charge in [-0.2, -0.15) is 0 Å². The van der Waals surface area contributed by atoms with Gasteiger partial charge < -0.3 is 5.73 Å². The van der Waals surface area contributed by atoms with Crippen molar-refractivity contribution < 1.29 is 8.42 Å². The summed E-state index contributed by atoms with van der Waals surface area (Å²) in [5.74, 6) is 0. The van der Waals surface area contributed by atoms with Crippen LogP contribution < -0.4 is 15.6 Å². The summed E-state index contributed by atoms with van der Waals surface area (Å²) in [6.45, 7) is 5.86. The average molecular weight is 271 g/mol. The van der Waals surface area contributed by atoms with Crippen LogP contribution in [0.1, 0.15) is 25.8 Å². The van der Waals surface area contributed by atoms with Crippen LogP contribution in [0.2, 0.25) is 0 Å². The van der Waals surface area contributed by atoms with Crippen LogP contribution in [0.4, 0.5) is 11.4 Å². The van der Waals surface area contributed by atoms with Crippen molar-refractivity contribution in [3.8, 4) is 0 Å². The minimum atomic E-state index is -3.30. The number of aryl methyl sites for hydroxylation is 1. The smallest absolute Gasteiger partial charge is 0.225 e. The van der Waals surface area contributed by atoms with Gasteiger partial charge in [-0.25, -0.2) is 8.42 Å². The quantitative estimate of drug-likeness (QED) is 0.630. The van der Waals surface area contributed by atoms with Crippen LogP contribution in [-0.4, -0.2) is 20.7 Å². The van der Waals surface area contributed by atoms with E-state index in [1.807, 2.05) is 32.9 Å². The molecule has 0 saturated carbocycles. The van der Waals surface area contributed by atoms with Crippen LogP contribution in [0.3, 0.4) is 0 Å². The van der Waals surface area contributed by atoms with Gasteiger partial charge in [0.25, 0.3) is 0 Å². The first-order valence-electron chi connectivity index (χ1n) is 5.87. The minimum absolute atomic E-state index is 0.0581. The van der Waals surface area contributed by atoms with Gasteiger partial charge in [0, 0.05) is 11.7 Å². The zero-order valence-electron chi connectivity index (χ0n) is 11.3. The van der Waals surface area contributed by atoms with E-state index in [1.165, 1.54) is 0 Å². The van der Waals surface area contributed by atoms with E-state index in [0.29, 0.717) is 5.69 Å². The fourth-order valence-electron chi connectivity index (χ4n) is 1.57. The van der Waals surface area contributed by atoms with E-state index < -0.39 is 10.0 Å². The number of sulfonamides is 1. The molecular formula is C12H21N3O2S. The lowest BCUT2D eigenvalue weighted by Gasteiger charge is -2.30. The highest BCUT2D eigenvalue weighted by Crippen LogP contribution is 2.22. The van der Waals surface area contributed by atoms with Crippen molar-refractivity contribution in [1.29, 1.82) is 0 Å². The topological polar surface area (TPSA) is 75.4 Å². The third-order valence-corrected chi connectivity index (χ3v) is 3.36. The molecule has 6 heteroatoms. The molecule has 0 amide bonds. The zero-order chi connectivity index (χ0) is 13.9. The fourth-order valence-corrected chi connectivity index (χ4v) is 2.21. The van der Waals surface area contributed by atoms with Crippen molar-refractivity contribution in [2.75, 3.05) is 17.0 Å². The summed E-state index contributed by atoms with van der Waals surface area (Å²) >= 11 is 0. The lowest BCUT2D eigenvalue weighted by molar-refractivity contribution is 0.553. The second-order valence-electron chi connectivity index (χ2n) is 4.53. The molecule has 0 bridgehead atoms. The lowest BCUT2D eigenvalue weighted by atomic mass is 10.1. The van der Waals surface area contributed by atoms with Crippen molar-refractivity contribution in [2.24, 2.45) is 0 Å². The Morgan fingerprint density at radius 1 is 1.44 bits per heavy atom. The average Bonchev–Trinajstić information content (AvgIpc) is 2.27. The summed E-state index contributed by atoms with van der Waals surface area (Å²) in [5.41, 5.74) is 8.18. The van der Waals surface area contributed by atoms with Crippen molar-refractivity contribution >= 4 is 21.4 Å². The molecule has 1 rings (SSSR count). The van der Waals surface area contributed by atoms with Gasteiger partial charge in [0.1, 0.15) is 0 Å². The number of hydrogen-bond donors (Lipinski definition) is 2. The Morgan fingerprint density at radius 3 is 2.50 bits per heavy atom. The molecule has 1 atom stereocenters. The summed E-state index contributed by atoms with van der Waals surface area (Å²) in [4.78, 5) is 2.53. The number of anilines is 2. The molecule has 0 aliphatic carbocycles.